The normalized spacial score (nSPS) is 16.7. The van der Waals surface area contributed by atoms with Crippen LogP contribution in [0, 0.1) is 6.92 Å². The van der Waals surface area contributed by atoms with Crippen LogP contribution < -0.4 is 9.47 Å². The summed E-state index contributed by atoms with van der Waals surface area (Å²) in [5.41, 5.74) is 3.01. The van der Waals surface area contributed by atoms with E-state index in [1.165, 1.54) is 4.90 Å². The van der Waals surface area contributed by atoms with Crippen molar-refractivity contribution in [1.29, 1.82) is 0 Å². The highest BCUT2D eigenvalue weighted by Crippen LogP contribution is 2.42. The molecule has 1 heterocycles. The van der Waals surface area contributed by atoms with Crippen molar-refractivity contribution in [2.24, 2.45) is 0 Å². The predicted molar refractivity (Wildman–Crippen MR) is 143 cm³/mol. The van der Waals surface area contributed by atoms with Gasteiger partial charge in [0.05, 0.1) is 31.9 Å². The molecule has 0 bridgehead atoms. The largest absolute Gasteiger partial charge is 0.507 e. The lowest BCUT2D eigenvalue weighted by atomic mass is 9.92. The van der Waals surface area contributed by atoms with Crippen LogP contribution in [0.25, 0.3) is 5.76 Å². The summed E-state index contributed by atoms with van der Waals surface area (Å²) < 4.78 is 11.3. The van der Waals surface area contributed by atoms with Crippen LogP contribution in [0.15, 0.2) is 78.4 Å². The fraction of sp³-hybridized carbons (Fsp3) is 0.290. The van der Waals surface area contributed by atoms with Crippen molar-refractivity contribution in [3.8, 4) is 11.5 Å². The number of ketones is 1. The lowest BCUT2D eigenvalue weighted by Crippen LogP contribution is -2.29. The van der Waals surface area contributed by atoms with Gasteiger partial charge in [0, 0.05) is 11.1 Å². The standard InChI is InChI=1S/C31H33NO5/c1-4-5-10-19-37-24-17-15-22(16-18-24)29(33)27-28(25-13-8-6-11-21(25)2)32(31(35)30(27)34)20-23-12-7-9-14-26(23)36-3/h6-9,11-18,28,33H,4-5,10,19-20H2,1-3H3/b29-27+. The van der Waals surface area contributed by atoms with Gasteiger partial charge in [0.2, 0.25) is 0 Å². The third-order valence-electron chi connectivity index (χ3n) is 6.70. The highest BCUT2D eigenvalue weighted by molar-refractivity contribution is 6.46. The van der Waals surface area contributed by atoms with Gasteiger partial charge in [-0.3, -0.25) is 9.59 Å². The zero-order chi connectivity index (χ0) is 26.4. The van der Waals surface area contributed by atoms with Crippen molar-refractivity contribution in [3.05, 3.63) is 101 Å². The van der Waals surface area contributed by atoms with Crippen molar-refractivity contribution < 1.29 is 24.2 Å². The molecule has 1 aliphatic rings. The SMILES string of the molecule is CCCCCOc1ccc(/C(O)=C2\C(=O)C(=O)N(Cc3ccccc3OC)C2c2ccccc2C)cc1. The Morgan fingerprint density at radius 3 is 2.35 bits per heavy atom. The second kappa shape index (κ2) is 11.8. The number of ether oxygens (including phenoxy) is 2. The molecule has 0 aliphatic carbocycles. The van der Waals surface area contributed by atoms with Gasteiger partial charge in [0.25, 0.3) is 11.7 Å². The average molecular weight is 500 g/mol. The maximum absolute atomic E-state index is 13.4. The Morgan fingerprint density at radius 1 is 0.946 bits per heavy atom. The maximum Gasteiger partial charge on any atom is 0.295 e. The molecule has 1 N–H and O–H groups in total. The van der Waals surface area contributed by atoms with Gasteiger partial charge in [-0.15, -0.1) is 0 Å². The van der Waals surface area contributed by atoms with Crippen molar-refractivity contribution in [2.75, 3.05) is 13.7 Å². The van der Waals surface area contributed by atoms with E-state index in [0.29, 0.717) is 23.7 Å². The Bertz CT molecular complexity index is 1290. The number of aryl methyl sites for hydroxylation is 1. The van der Waals surface area contributed by atoms with Crippen molar-refractivity contribution in [1.82, 2.24) is 4.90 Å². The zero-order valence-electron chi connectivity index (χ0n) is 21.6. The number of aliphatic hydroxyl groups excluding tert-OH is 1. The van der Waals surface area contributed by atoms with Gasteiger partial charge >= 0.3 is 0 Å². The monoisotopic (exact) mass is 499 g/mol. The first-order valence-electron chi connectivity index (χ1n) is 12.6. The third-order valence-corrected chi connectivity index (χ3v) is 6.70. The number of hydrogen-bond donors (Lipinski definition) is 1. The summed E-state index contributed by atoms with van der Waals surface area (Å²) in [4.78, 5) is 28.2. The number of benzene rings is 3. The molecule has 1 fully saturated rings. The van der Waals surface area contributed by atoms with E-state index in [2.05, 4.69) is 6.92 Å². The molecular formula is C31H33NO5. The van der Waals surface area contributed by atoms with Gasteiger partial charge in [0.1, 0.15) is 17.3 Å². The summed E-state index contributed by atoms with van der Waals surface area (Å²) in [5, 5.41) is 11.4. The molecule has 1 aliphatic heterocycles. The second-order valence-corrected chi connectivity index (χ2v) is 9.18. The molecule has 6 nitrogen and oxygen atoms in total. The molecule has 1 saturated heterocycles. The number of hydrogen-bond acceptors (Lipinski definition) is 5. The zero-order valence-corrected chi connectivity index (χ0v) is 21.6. The number of nitrogens with zero attached hydrogens (tertiary/aromatic N) is 1. The highest BCUT2D eigenvalue weighted by atomic mass is 16.5. The summed E-state index contributed by atoms with van der Waals surface area (Å²) in [6.07, 6.45) is 3.20. The first-order chi connectivity index (χ1) is 18.0. The smallest absolute Gasteiger partial charge is 0.295 e. The third kappa shape index (κ3) is 5.53. The molecule has 0 aromatic heterocycles. The van der Waals surface area contributed by atoms with Crippen LogP contribution in [0.5, 0.6) is 11.5 Å². The summed E-state index contributed by atoms with van der Waals surface area (Å²) >= 11 is 0. The van der Waals surface area contributed by atoms with Crippen LogP contribution in [-0.2, 0) is 16.1 Å². The van der Waals surface area contributed by atoms with E-state index in [9.17, 15) is 14.7 Å². The number of methoxy groups -OCH3 is 1. The van der Waals surface area contributed by atoms with Crippen LogP contribution in [0.1, 0.15) is 54.5 Å². The van der Waals surface area contributed by atoms with Crippen LogP contribution in [0.2, 0.25) is 0 Å². The Kier molecular flexibility index (Phi) is 8.29. The number of aliphatic hydroxyl groups is 1. The number of amides is 1. The van der Waals surface area contributed by atoms with Gasteiger partial charge in [-0.05, 0) is 54.8 Å². The molecule has 6 heteroatoms. The van der Waals surface area contributed by atoms with Crippen LogP contribution >= 0.6 is 0 Å². The van der Waals surface area contributed by atoms with Crippen molar-refractivity contribution in [2.45, 2.75) is 45.7 Å². The number of carbonyl (C=O) groups is 2. The Morgan fingerprint density at radius 2 is 1.65 bits per heavy atom. The molecule has 0 radical (unpaired) electrons. The molecule has 1 atom stereocenters. The number of likely N-dealkylation sites (tertiary alicyclic amines) is 1. The van der Waals surface area contributed by atoms with Gasteiger partial charge in [-0.2, -0.15) is 0 Å². The first kappa shape index (κ1) is 26.0. The molecule has 192 valence electrons. The lowest BCUT2D eigenvalue weighted by molar-refractivity contribution is -0.140. The average Bonchev–Trinajstić information content (AvgIpc) is 3.16. The number of carbonyl (C=O) groups excluding carboxylic acids is 2. The van der Waals surface area contributed by atoms with Crippen molar-refractivity contribution >= 4 is 17.4 Å². The molecule has 3 aromatic rings. The van der Waals surface area contributed by atoms with E-state index < -0.39 is 17.7 Å². The minimum Gasteiger partial charge on any atom is -0.507 e. The molecular weight excluding hydrogens is 466 g/mol. The fourth-order valence-corrected chi connectivity index (χ4v) is 4.68. The molecule has 1 amide bonds. The van der Waals surface area contributed by atoms with E-state index in [1.807, 2.05) is 55.5 Å². The van der Waals surface area contributed by atoms with E-state index in [-0.39, 0.29) is 17.9 Å². The van der Waals surface area contributed by atoms with Gasteiger partial charge < -0.3 is 19.5 Å². The highest BCUT2D eigenvalue weighted by Gasteiger charge is 2.46. The minimum atomic E-state index is -0.740. The van der Waals surface area contributed by atoms with E-state index in [1.54, 1.807) is 31.4 Å². The Hall–Kier alpha value is -4.06. The number of unbranched alkanes of at least 4 members (excludes halogenated alkanes) is 2. The fourth-order valence-electron chi connectivity index (χ4n) is 4.68. The quantitative estimate of drug-likeness (QED) is 0.156. The summed E-state index contributed by atoms with van der Waals surface area (Å²) in [7, 11) is 1.57. The number of rotatable bonds is 10. The van der Waals surface area contributed by atoms with Gasteiger partial charge in [-0.25, -0.2) is 0 Å². The molecule has 1 unspecified atom stereocenters. The van der Waals surface area contributed by atoms with Crippen LogP contribution in [0.4, 0.5) is 0 Å². The van der Waals surface area contributed by atoms with E-state index in [0.717, 1.165) is 36.0 Å². The number of Topliss-reactive ketones (excluding diaryl/α,β-unsaturated/α-hetero) is 1. The lowest BCUT2D eigenvalue weighted by Gasteiger charge is -2.27. The molecule has 0 saturated carbocycles. The summed E-state index contributed by atoms with van der Waals surface area (Å²) in [6.45, 7) is 4.86. The van der Waals surface area contributed by atoms with E-state index in [4.69, 9.17) is 9.47 Å². The molecule has 3 aromatic carbocycles. The predicted octanol–water partition coefficient (Wildman–Crippen LogP) is 6.19. The summed E-state index contributed by atoms with van der Waals surface area (Å²) in [5.74, 6) is -0.244. The molecule has 0 spiro atoms. The number of para-hydroxylation sites is 1. The minimum absolute atomic E-state index is 0.0748. The van der Waals surface area contributed by atoms with Crippen LogP contribution in [0.3, 0.4) is 0 Å². The summed E-state index contributed by atoms with van der Waals surface area (Å²) in [6, 6.07) is 21.2. The van der Waals surface area contributed by atoms with Crippen molar-refractivity contribution in [3.63, 3.8) is 0 Å². The molecule has 37 heavy (non-hydrogen) atoms. The topological polar surface area (TPSA) is 76.1 Å². The second-order valence-electron chi connectivity index (χ2n) is 9.18. The van der Waals surface area contributed by atoms with Gasteiger partial charge in [-0.1, -0.05) is 62.2 Å². The Balaban J connectivity index is 1.74. The molecule has 4 rings (SSSR count). The van der Waals surface area contributed by atoms with Gasteiger partial charge in [0.15, 0.2) is 0 Å². The maximum atomic E-state index is 13.4. The first-order valence-corrected chi connectivity index (χ1v) is 12.6. The van der Waals surface area contributed by atoms with E-state index >= 15 is 0 Å². The van der Waals surface area contributed by atoms with Crippen LogP contribution in [-0.4, -0.2) is 35.4 Å². The Labute approximate surface area is 218 Å².